The molecule has 3 amide bonds. The van der Waals surface area contributed by atoms with E-state index in [0.717, 1.165) is 28.9 Å². The number of hydrogen-bond donors (Lipinski definition) is 1. The monoisotopic (exact) mass is 365 g/mol. The molecule has 1 fully saturated rings. The molecule has 0 spiro atoms. The number of nitrogens with one attached hydrogen (secondary N) is 1. The third-order valence-corrected chi connectivity index (χ3v) is 4.41. The van der Waals surface area contributed by atoms with Crippen LogP contribution < -0.4 is 5.32 Å². The molecule has 0 aliphatic carbocycles. The zero-order valence-corrected chi connectivity index (χ0v) is 13.6. The van der Waals surface area contributed by atoms with E-state index in [-0.39, 0.29) is 12.5 Å². The van der Waals surface area contributed by atoms with Crippen LogP contribution in [-0.4, -0.2) is 60.2 Å². The van der Waals surface area contributed by atoms with Crippen LogP contribution in [0.1, 0.15) is 27.1 Å². The molecule has 2 aliphatic rings. The molecule has 1 N–H and O–H groups in total. The first-order chi connectivity index (χ1) is 10.6. The zero-order valence-electron chi connectivity index (χ0n) is 12.0. The number of hydrogen-bond acceptors (Lipinski definition) is 4. The summed E-state index contributed by atoms with van der Waals surface area (Å²) in [6.45, 7) is 2.68. The van der Waals surface area contributed by atoms with Crippen molar-refractivity contribution in [3.05, 3.63) is 33.8 Å². The fraction of sp³-hybridized carbons (Fsp3) is 0.400. The summed E-state index contributed by atoms with van der Waals surface area (Å²) >= 11 is 3.29. The van der Waals surface area contributed by atoms with Crippen molar-refractivity contribution in [1.82, 2.24) is 15.1 Å². The second kappa shape index (κ2) is 6.18. The van der Waals surface area contributed by atoms with Gasteiger partial charge < -0.3 is 10.2 Å². The molecule has 2 aliphatic heterocycles. The normalized spacial score (nSPS) is 18.4. The van der Waals surface area contributed by atoms with Gasteiger partial charge in [0, 0.05) is 24.1 Å². The molecule has 0 bridgehead atoms. The highest BCUT2D eigenvalue weighted by Gasteiger charge is 2.37. The van der Waals surface area contributed by atoms with Gasteiger partial charge >= 0.3 is 0 Å². The predicted molar refractivity (Wildman–Crippen MR) is 83.6 cm³/mol. The van der Waals surface area contributed by atoms with Gasteiger partial charge in [-0.25, -0.2) is 0 Å². The van der Waals surface area contributed by atoms with E-state index in [9.17, 15) is 14.4 Å². The molecule has 22 heavy (non-hydrogen) atoms. The van der Waals surface area contributed by atoms with E-state index in [1.54, 1.807) is 23.1 Å². The second-order valence-electron chi connectivity index (χ2n) is 5.37. The van der Waals surface area contributed by atoms with Crippen molar-refractivity contribution in [1.29, 1.82) is 0 Å². The SMILES string of the molecule is O=C(CN1C(=O)c2ccc(Br)cc2C1=O)N1CCCNCC1. The summed E-state index contributed by atoms with van der Waals surface area (Å²) in [5, 5.41) is 3.22. The topological polar surface area (TPSA) is 69.7 Å². The number of rotatable bonds is 2. The Hall–Kier alpha value is -1.73. The Morgan fingerprint density at radius 3 is 2.73 bits per heavy atom. The third kappa shape index (κ3) is 2.78. The maximum atomic E-state index is 12.4. The molecule has 2 heterocycles. The van der Waals surface area contributed by atoms with Crippen LogP contribution in [0.5, 0.6) is 0 Å². The molecule has 3 rings (SSSR count). The minimum atomic E-state index is -0.400. The Kier molecular flexibility index (Phi) is 4.26. The predicted octanol–water partition coefficient (Wildman–Crippen LogP) is 0.867. The van der Waals surface area contributed by atoms with Crippen LogP contribution in [0.2, 0.25) is 0 Å². The van der Waals surface area contributed by atoms with Crippen LogP contribution in [-0.2, 0) is 4.79 Å². The molecule has 1 aromatic rings. The first-order valence-electron chi connectivity index (χ1n) is 7.22. The summed E-state index contributed by atoms with van der Waals surface area (Å²) in [5.41, 5.74) is 0.711. The average molecular weight is 366 g/mol. The van der Waals surface area contributed by atoms with E-state index in [2.05, 4.69) is 21.2 Å². The van der Waals surface area contributed by atoms with Crippen molar-refractivity contribution in [3.63, 3.8) is 0 Å². The average Bonchev–Trinajstić information content (AvgIpc) is 2.72. The molecule has 1 saturated heterocycles. The number of amides is 3. The number of carbonyl (C=O) groups excluding carboxylic acids is 3. The first kappa shape index (κ1) is 15.2. The molecule has 7 heteroatoms. The summed E-state index contributed by atoms with van der Waals surface area (Å²) < 4.78 is 0.735. The second-order valence-corrected chi connectivity index (χ2v) is 6.29. The van der Waals surface area contributed by atoms with E-state index >= 15 is 0 Å². The Bertz CT molecular complexity index is 639. The minimum absolute atomic E-state index is 0.183. The molecule has 0 aromatic heterocycles. The molecular weight excluding hydrogens is 350 g/mol. The molecule has 0 unspecified atom stereocenters. The van der Waals surface area contributed by atoms with Gasteiger partial charge in [-0.1, -0.05) is 15.9 Å². The lowest BCUT2D eigenvalue weighted by Crippen LogP contribution is -2.43. The van der Waals surface area contributed by atoms with Crippen molar-refractivity contribution in [2.45, 2.75) is 6.42 Å². The highest BCUT2D eigenvalue weighted by atomic mass is 79.9. The molecule has 0 atom stereocenters. The molecule has 6 nitrogen and oxygen atoms in total. The van der Waals surface area contributed by atoms with Gasteiger partial charge in [0.1, 0.15) is 6.54 Å². The molecule has 0 radical (unpaired) electrons. The fourth-order valence-corrected chi connectivity index (χ4v) is 3.10. The lowest BCUT2D eigenvalue weighted by Gasteiger charge is -2.22. The summed E-state index contributed by atoms with van der Waals surface area (Å²) in [4.78, 5) is 39.8. The van der Waals surface area contributed by atoms with Crippen LogP contribution in [0.4, 0.5) is 0 Å². The van der Waals surface area contributed by atoms with E-state index in [4.69, 9.17) is 0 Å². The Morgan fingerprint density at radius 1 is 1.14 bits per heavy atom. The van der Waals surface area contributed by atoms with Crippen molar-refractivity contribution in [2.75, 3.05) is 32.7 Å². The molecule has 0 saturated carbocycles. The zero-order chi connectivity index (χ0) is 15.7. The first-order valence-corrected chi connectivity index (χ1v) is 8.01. The Morgan fingerprint density at radius 2 is 1.91 bits per heavy atom. The summed E-state index contributed by atoms with van der Waals surface area (Å²) in [6, 6.07) is 4.95. The van der Waals surface area contributed by atoms with Gasteiger partial charge in [0.25, 0.3) is 11.8 Å². The van der Waals surface area contributed by atoms with Gasteiger partial charge in [-0.05, 0) is 31.2 Å². The van der Waals surface area contributed by atoms with Crippen LogP contribution in [0.3, 0.4) is 0 Å². The van der Waals surface area contributed by atoms with Gasteiger partial charge in [0.05, 0.1) is 11.1 Å². The number of halogens is 1. The van der Waals surface area contributed by atoms with Gasteiger partial charge in [-0.3, -0.25) is 19.3 Å². The van der Waals surface area contributed by atoms with Gasteiger partial charge in [-0.15, -0.1) is 0 Å². The van der Waals surface area contributed by atoms with Crippen molar-refractivity contribution >= 4 is 33.7 Å². The summed E-state index contributed by atoms with van der Waals surface area (Å²) in [5.74, 6) is -0.978. The van der Waals surface area contributed by atoms with E-state index in [0.29, 0.717) is 24.2 Å². The fourth-order valence-electron chi connectivity index (χ4n) is 2.74. The number of benzene rings is 1. The van der Waals surface area contributed by atoms with Crippen molar-refractivity contribution < 1.29 is 14.4 Å². The maximum Gasteiger partial charge on any atom is 0.262 e. The Labute approximate surface area is 136 Å². The smallest absolute Gasteiger partial charge is 0.262 e. The van der Waals surface area contributed by atoms with Crippen LogP contribution in [0.25, 0.3) is 0 Å². The largest absolute Gasteiger partial charge is 0.340 e. The van der Waals surface area contributed by atoms with Crippen molar-refractivity contribution in [2.24, 2.45) is 0 Å². The Balaban J connectivity index is 1.75. The van der Waals surface area contributed by atoms with Gasteiger partial charge in [0.15, 0.2) is 0 Å². The molecule has 1 aromatic carbocycles. The van der Waals surface area contributed by atoms with Crippen LogP contribution in [0.15, 0.2) is 22.7 Å². The number of fused-ring (bicyclic) bond motifs is 1. The highest BCUT2D eigenvalue weighted by Crippen LogP contribution is 2.25. The van der Waals surface area contributed by atoms with Gasteiger partial charge in [0.2, 0.25) is 5.91 Å². The van der Waals surface area contributed by atoms with Crippen LogP contribution >= 0.6 is 15.9 Å². The highest BCUT2D eigenvalue weighted by molar-refractivity contribution is 9.10. The lowest BCUT2D eigenvalue weighted by molar-refractivity contribution is -0.131. The van der Waals surface area contributed by atoms with Crippen LogP contribution in [0, 0.1) is 0 Å². The lowest BCUT2D eigenvalue weighted by atomic mass is 10.1. The number of nitrogens with zero attached hydrogens (tertiary/aromatic N) is 2. The van der Waals surface area contributed by atoms with Gasteiger partial charge in [-0.2, -0.15) is 0 Å². The maximum absolute atomic E-state index is 12.4. The molecular formula is C15H16BrN3O3. The number of imide groups is 1. The summed E-state index contributed by atoms with van der Waals surface area (Å²) in [6.07, 6.45) is 0.876. The van der Waals surface area contributed by atoms with Crippen molar-refractivity contribution in [3.8, 4) is 0 Å². The number of carbonyl (C=O) groups is 3. The van der Waals surface area contributed by atoms with E-state index in [1.165, 1.54) is 0 Å². The third-order valence-electron chi connectivity index (χ3n) is 3.92. The summed E-state index contributed by atoms with van der Waals surface area (Å²) in [7, 11) is 0. The minimum Gasteiger partial charge on any atom is -0.340 e. The van der Waals surface area contributed by atoms with E-state index < -0.39 is 11.8 Å². The standard InChI is InChI=1S/C15H16BrN3O3/c16-10-2-3-11-12(8-10)15(22)19(14(11)21)9-13(20)18-6-1-4-17-5-7-18/h2-3,8,17H,1,4-7,9H2. The molecule has 116 valence electrons. The van der Waals surface area contributed by atoms with E-state index in [1.807, 2.05) is 0 Å². The quantitative estimate of drug-likeness (QED) is 0.789.